The Morgan fingerprint density at radius 2 is 1.24 bits per heavy atom. The van der Waals surface area contributed by atoms with E-state index in [-0.39, 0.29) is 0 Å². The molecule has 0 unspecified atom stereocenters. The van der Waals surface area contributed by atoms with E-state index in [2.05, 4.69) is 72.1 Å². The lowest BCUT2D eigenvalue weighted by molar-refractivity contribution is -0.684. The summed E-state index contributed by atoms with van der Waals surface area (Å²) in [6.45, 7) is 4.98. The topological polar surface area (TPSA) is 3.88 Å². The highest BCUT2D eigenvalue weighted by Gasteiger charge is 2.06. The Bertz CT molecular complexity index is 713. The molecule has 0 saturated heterocycles. The molecule has 0 spiro atoms. The smallest absolute Gasteiger partial charge is 0.173 e. The van der Waals surface area contributed by atoms with Gasteiger partial charge in [-0.2, -0.15) is 0 Å². The minimum absolute atomic E-state index is 0.805. The first kappa shape index (κ1) is 13.3. The van der Waals surface area contributed by atoms with Crippen molar-refractivity contribution in [2.45, 2.75) is 6.54 Å². The second-order valence-corrected chi connectivity index (χ2v) is 5.09. The molecule has 2 aromatic carbocycles. The molecule has 1 heterocycles. The molecule has 21 heavy (non-hydrogen) atoms. The number of hydrogen-bond acceptors (Lipinski definition) is 0. The number of nitrogens with zero attached hydrogens (tertiary/aromatic N) is 1. The summed E-state index contributed by atoms with van der Waals surface area (Å²) in [5, 5.41) is 0. The van der Waals surface area contributed by atoms with Crippen LogP contribution in [-0.2, 0) is 6.54 Å². The molecule has 0 saturated carbocycles. The zero-order chi connectivity index (χ0) is 14.5. The third-order valence-corrected chi connectivity index (χ3v) is 3.55. The number of benzene rings is 2. The van der Waals surface area contributed by atoms with Gasteiger partial charge in [0.15, 0.2) is 18.9 Å². The first-order valence-electron chi connectivity index (χ1n) is 7.11. The molecule has 3 rings (SSSR count). The summed E-state index contributed by atoms with van der Waals surface area (Å²) in [4.78, 5) is 0. The van der Waals surface area contributed by atoms with Gasteiger partial charge in [0.1, 0.15) is 0 Å². The molecule has 0 radical (unpaired) electrons. The summed E-state index contributed by atoms with van der Waals surface area (Å²) in [6.07, 6.45) is 4.22. The van der Waals surface area contributed by atoms with Crippen LogP contribution in [-0.4, -0.2) is 0 Å². The molecular formula is C20H18N+. The Morgan fingerprint density at radius 3 is 1.86 bits per heavy atom. The third kappa shape index (κ3) is 3.26. The first-order chi connectivity index (χ1) is 10.3. The van der Waals surface area contributed by atoms with Gasteiger partial charge in [-0.25, -0.2) is 4.57 Å². The largest absolute Gasteiger partial charge is 0.201 e. The molecule has 0 aliphatic carbocycles. The normalized spacial score (nSPS) is 10.3. The zero-order valence-corrected chi connectivity index (χ0v) is 11.9. The van der Waals surface area contributed by atoms with Crippen LogP contribution in [0.4, 0.5) is 0 Å². The van der Waals surface area contributed by atoms with Crippen LogP contribution < -0.4 is 4.57 Å². The lowest BCUT2D eigenvalue weighted by Crippen LogP contribution is -2.32. The van der Waals surface area contributed by atoms with E-state index in [0.29, 0.717) is 0 Å². The van der Waals surface area contributed by atoms with Crippen molar-refractivity contribution in [2.24, 2.45) is 0 Å². The van der Waals surface area contributed by atoms with Crippen molar-refractivity contribution in [1.29, 1.82) is 0 Å². The predicted octanol–water partition coefficient (Wildman–Crippen LogP) is 4.35. The van der Waals surface area contributed by atoms with E-state index in [9.17, 15) is 0 Å². The number of hydrogen-bond donors (Lipinski definition) is 0. The average Bonchev–Trinajstić information content (AvgIpc) is 2.57. The number of rotatable bonds is 4. The molecule has 0 N–H and O–H groups in total. The van der Waals surface area contributed by atoms with Crippen molar-refractivity contribution in [3.8, 4) is 11.1 Å². The lowest BCUT2D eigenvalue weighted by atomic mass is 10.1. The van der Waals surface area contributed by atoms with E-state index in [1.807, 2.05) is 24.3 Å². The van der Waals surface area contributed by atoms with Gasteiger partial charge in [0, 0.05) is 17.7 Å². The first-order valence-corrected chi connectivity index (χ1v) is 7.11. The van der Waals surface area contributed by atoms with Crippen LogP contribution in [0, 0.1) is 0 Å². The van der Waals surface area contributed by atoms with Crippen molar-refractivity contribution >= 4 is 5.57 Å². The van der Waals surface area contributed by atoms with Crippen LogP contribution in [0.5, 0.6) is 0 Å². The van der Waals surface area contributed by atoms with Gasteiger partial charge in [0.2, 0.25) is 0 Å². The van der Waals surface area contributed by atoms with Crippen molar-refractivity contribution in [3.05, 3.63) is 97.3 Å². The third-order valence-electron chi connectivity index (χ3n) is 3.55. The van der Waals surface area contributed by atoms with Gasteiger partial charge in [0.25, 0.3) is 0 Å². The minimum atomic E-state index is 0.805. The van der Waals surface area contributed by atoms with Crippen molar-refractivity contribution < 1.29 is 4.57 Å². The highest BCUT2D eigenvalue weighted by molar-refractivity contribution is 5.63. The monoisotopic (exact) mass is 272 g/mol. The van der Waals surface area contributed by atoms with E-state index in [0.717, 1.165) is 12.1 Å². The van der Waals surface area contributed by atoms with E-state index < -0.39 is 0 Å². The van der Waals surface area contributed by atoms with Crippen molar-refractivity contribution in [3.63, 3.8) is 0 Å². The fourth-order valence-corrected chi connectivity index (χ4v) is 2.37. The molecule has 0 amide bonds. The summed E-state index contributed by atoms with van der Waals surface area (Å²) < 4.78 is 2.15. The summed E-state index contributed by atoms with van der Waals surface area (Å²) in [5.41, 5.74) is 4.79. The van der Waals surface area contributed by atoms with Gasteiger partial charge >= 0.3 is 0 Å². The maximum absolute atomic E-state index is 4.18. The standard InChI is InChI=1S/C20H18N/c1-17(18-8-4-2-5-9-18)16-21-14-12-20(13-15-21)19-10-6-3-7-11-19/h2-15H,1,16H2/q+1. The van der Waals surface area contributed by atoms with Crippen LogP contribution in [0.25, 0.3) is 16.7 Å². The van der Waals surface area contributed by atoms with Crippen LogP contribution in [0.3, 0.4) is 0 Å². The molecule has 0 bridgehead atoms. The highest BCUT2D eigenvalue weighted by atomic mass is 14.9. The fourth-order valence-electron chi connectivity index (χ4n) is 2.37. The Morgan fingerprint density at radius 1 is 0.714 bits per heavy atom. The SMILES string of the molecule is C=C(C[n+]1ccc(-c2ccccc2)cc1)c1ccccc1. The van der Waals surface area contributed by atoms with Gasteiger partial charge in [-0.15, -0.1) is 0 Å². The van der Waals surface area contributed by atoms with Gasteiger partial charge in [-0.05, 0) is 16.7 Å². The van der Waals surface area contributed by atoms with Crippen LogP contribution in [0.2, 0.25) is 0 Å². The summed E-state index contributed by atoms with van der Waals surface area (Å²) in [7, 11) is 0. The Hall–Kier alpha value is -2.67. The van der Waals surface area contributed by atoms with E-state index in [1.165, 1.54) is 16.7 Å². The second-order valence-electron chi connectivity index (χ2n) is 5.09. The molecule has 1 heteroatoms. The molecule has 1 aromatic heterocycles. The van der Waals surface area contributed by atoms with Gasteiger partial charge in [-0.3, -0.25) is 0 Å². The highest BCUT2D eigenvalue weighted by Crippen LogP contribution is 2.17. The second kappa shape index (κ2) is 6.19. The summed E-state index contributed by atoms with van der Waals surface area (Å²) >= 11 is 0. The maximum Gasteiger partial charge on any atom is 0.173 e. The Labute approximate surface area is 125 Å². The predicted molar refractivity (Wildman–Crippen MR) is 87.5 cm³/mol. The van der Waals surface area contributed by atoms with E-state index in [4.69, 9.17) is 0 Å². The van der Waals surface area contributed by atoms with Gasteiger partial charge in [-0.1, -0.05) is 67.2 Å². The van der Waals surface area contributed by atoms with Gasteiger partial charge in [0.05, 0.1) is 0 Å². The molecule has 3 aromatic rings. The fraction of sp³-hybridized carbons (Fsp3) is 0.0500. The number of pyridine rings is 1. The van der Waals surface area contributed by atoms with E-state index in [1.54, 1.807) is 0 Å². The van der Waals surface area contributed by atoms with Gasteiger partial charge < -0.3 is 0 Å². The molecule has 0 fully saturated rings. The molecule has 0 atom stereocenters. The summed E-state index contributed by atoms with van der Waals surface area (Å²) in [5.74, 6) is 0. The Kier molecular flexibility index (Phi) is 3.92. The number of aromatic nitrogens is 1. The van der Waals surface area contributed by atoms with Crippen LogP contribution in [0.15, 0.2) is 91.8 Å². The quantitative estimate of drug-likeness (QED) is 0.621. The number of allylic oxidation sites excluding steroid dienone is 1. The summed E-state index contributed by atoms with van der Waals surface area (Å²) in [6, 6.07) is 25.0. The molecule has 1 nitrogen and oxygen atoms in total. The average molecular weight is 272 g/mol. The maximum atomic E-state index is 4.18. The molecular weight excluding hydrogens is 254 g/mol. The molecule has 0 aliphatic rings. The Balaban J connectivity index is 1.75. The van der Waals surface area contributed by atoms with E-state index >= 15 is 0 Å². The van der Waals surface area contributed by atoms with Crippen molar-refractivity contribution in [1.82, 2.24) is 0 Å². The van der Waals surface area contributed by atoms with Crippen LogP contribution in [0.1, 0.15) is 5.56 Å². The van der Waals surface area contributed by atoms with Crippen molar-refractivity contribution in [2.75, 3.05) is 0 Å². The molecule has 0 aliphatic heterocycles. The lowest BCUT2D eigenvalue weighted by Gasteiger charge is -2.04. The molecule has 102 valence electrons. The van der Waals surface area contributed by atoms with Crippen LogP contribution >= 0.6 is 0 Å². The minimum Gasteiger partial charge on any atom is -0.201 e. The zero-order valence-electron chi connectivity index (χ0n) is 11.9.